The lowest BCUT2D eigenvalue weighted by Crippen LogP contribution is -2.35. The molecule has 80 valence electrons. The molecule has 0 spiro atoms. The van der Waals surface area contributed by atoms with Crippen LogP contribution in [0.3, 0.4) is 0 Å². The van der Waals surface area contributed by atoms with E-state index in [1.54, 1.807) is 0 Å². The van der Waals surface area contributed by atoms with Crippen molar-refractivity contribution in [1.29, 1.82) is 0 Å². The first-order valence-corrected chi connectivity index (χ1v) is 5.17. The molecule has 2 heteroatoms. The molecule has 1 aliphatic heterocycles. The van der Waals surface area contributed by atoms with E-state index in [2.05, 4.69) is 46.5 Å². The Balaban J connectivity index is 2.72. The largest absolute Gasteiger partial charge is 0.252 e. The summed E-state index contributed by atoms with van der Waals surface area (Å²) in [6.45, 7) is 12.5. The zero-order chi connectivity index (χ0) is 11.0. The van der Waals surface area contributed by atoms with Crippen LogP contribution in [0.5, 0.6) is 0 Å². The average molecular weight is 196 g/mol. The van der Waals surface area contributed by atoms with Gasteiger partial charge in [-0.3, -0.25) is 0 Å². The highest BCUT2D eigenvalue weighted by Gasteiger charge is 2.62. The van der Waals surface area contributed by atoms with E-state index in [-0.39, 0.29) is 11.3 Å². The van der Waals surface area contributed by atoms with Crippen molar-refractivity contribution in [1.82, 2.24) is 0 Å². The molecule has 0 aromatic carbocycles. The molecule has 0 radical (unpaired) electrons. The SMILES string of the molecule is CC(C)C#CC(C)C1(C(C)(C)C)OO1. The zero-order valence-corrected chi connectivity index (χ0v) is 9.97. The van der Waals surface area contributed by atoms with Crippen molar-refractivity contribution in [2.24, 2.45) is 17.3 Å². The minimum atomic E-state index is -0.491. The van der Waals surface area contributed by atoms with Crippen molar-refractivity contribution in [2.75, 3.05) is 0 Å². The molecule has 0 N–H and O–H groups in total. The molecule has 0 bridgehead atoms. The van der Waals surface area contributed by atoms with Crippen molar-refractivity contribution in [3.8, 4) is 11.8 Å². The molecule has 0 aromatic heterocycles. The van der Waals surface area contributed by atoms with Gasteiger partial charge in [0.15, 0.2) is 0 Å². The van der Waals surface area contributed by atoms with Gasteiger partial charge in [0, 0.05) is 11.3 Å². The number of hydrogen-bond donors (Lipinski definition) is 0. The van der Waals surface area contributed by atoms with Crippen LogP contribution in [-0.2, 0) is 9.78 Å². The maximum atomic E-state index is 5.15. The first kappa shape index (κ1) is 11.6. The maximum Gasteiger partial charge on any atom is 0.252 e. The third-order valence-corrected chi connectivity index (χ3v) is 2.47. The summed E-state index contributed by atoms with van der Waals surface area (Å²) in [5.41, 5.74) is -0.0297. The second-order valence-electron chi connectivity index (χ2n) is 5.25. The second kappa shape index (κ2) is 3.56. The van der Waals surface area contributed by atoms with Gasteiger partial charge in [-0.15, -0.1) is 0 Å². The Labute approximate surface area is 86.9 Å². The van der Waals surface area contributed by atoms with Crippen molar-refractivity contribution >= 4 is 0 Å². The van der Waals surface area contributed by atoms with Crippen LogP contribution >= 0.6 is 0 Å². The minimum absolute atomic E-state index is 0.0297. The first-order valence-electron chi connectivity index (χ1n) is 5.17. The summed E-state index contributed by atoms with van der Waals surface area (Å²) < 4.78 is 0. The summed E-state index contributed by atoms with van der Waals surface area (Å²) in [5.74, 6) is 6.37. The van der Waals surface area contributed by atoms with Crippen LogP contribution < -0.4 is 0 Å². The Morgan fingerprint density at radius 2 is 1.50 bits per heavy atom. The van der Waals surface area contributed by atoms with Gasteiger partial charge >= 0.3 is 0 Å². The van der Waals surface area contributed by atoms with E-state index in [0.29, 0.717) is 5.92 Å². The van der Waals surface area contributed by atoms with E-state index < -0.39 is 5.79 Å². The summed E-state index contributed by atoms with van der Waals surface area (Å²) >= 11 is 0. The second-order valence-corrected chi connectivity index (χ2v) is 5.25. The minimum Gasteiger partial charge on any atom is -0.193 e. The summed E-state index contributed by atoms with van der Waals surface area (Å²) in [6.07, 6.45) is 0. The summed E-state index contributed by atoms with van der Waals surface area (Å²) in [4.78, 5) is 10.3. The summed E-state index contributed by atoms with van der Waals surface area (Å²) in [5, 5.41) is 0. The van der Waals surface area contributed by atoms with Gasteiger partial charge in [-0.2, -0.15) is 9.78 Å². The smallest absolute Gasteiger partial charge is 0.193 e. The summed E-state index contributed by atoms with van der Waals surface area (Å²) in [7, 11) is 0. The van der Waals surface area contributed by atoms with Gasteiger partial charge in [0.1, 0.15) is 0 Å². The highest BCUT2D eigenvalue weighted by atomic mass is 17.4. The molecule has 1 atom stereocenters. The van der Waals surface area contributed by atoms with Gasteiger partial charge in [-0.05, 0) is 6.92 Å². The van der Waals surface area contributed by atoms with E-state index in [1.807, 2.05) is 6.92 Å². The molecule has 1 fully saturated rings. The molecule has 1 rings (SSSR count). The normalized spacial score (nSPS) is 21.4. The lowest BCUT2D eigenvalue weighted by atomic mass is 9.79. The molecular weight excluding hydrogens is 176 g/mol. The van der Waals surface area contributed by atoms with E-state index in [9.17, 15) is 0 Å². The van der Waals surface area contributed by atoms with Crippen LogP contribution in [0.2, 0.25) is 0 Å². The third-order valence-electron chi connectivity index (χ3n) is 2.47. The van der Waals surface area contributed by atoms with Gasteiger partial charge in [0.25, 0.3) is 5.79 Å². The number of hydrogen-bond acceptors (Lipinski definition) is 2. The first-order chi connectivity index (χ1) is 6.29. The lowest BCUT2D eigenvalue weighted by Gasteiger charge is -2.25. The fraction of sp³-hybridized carbons (Fsp3) is 0.833. The predicted molar refractivity (Wildman–Crippen MR) is 56.1 cm³/mol. The van der Waals surface area contributed by atoms with Gasteiger partial charge in [-0.1, -0.05) is 46.5 Å². The Hall–Kier alpha value is -0.520. The molecule has 1 unspecified atom stereocenters. The Bertz CT molecular complexity index is 258. The fourth-order valence-corrected chi connectivity index (χ4v) is 1.48. The quantitative estimate of drug-likeness (QED) is 0.366. The summed E-state index contributed by atoms with van der Waals surface area (Å²) in [6, 6.07) is 0. The van der Waals surface area contributed by atoms with Crippen LogP contribution in [-0.4, -0.2) is 5.79 Å². The van der Waals surface area contributed by atoms with E-state index in [1.165, 1.54) is 0 Å². The molecule has 0 amide bonds. The van der Waals surface area contributed by atoms with Crippen LogP contribution in [0, 0.1) is 29.1 Å². The molecule has 0 aliphatic carbocycles. The molecule has 1 saturated heterocycles. The Morgan fingerprint density at radius 1 is 1.00 bits per heavy atom. The topological polar surface area (TPSA) is 25.1 Å². The Morgan fingerprint density at radius 3 is 1.79 bits per heavy atom. The van der Waals surface area contributed by atoms with Crippen LogP contribution in [0.15, 0.2) is 0 Å². The zero-order valence-electron chi connectivity index (χ0n) is 9.97. The van der Waals surface area contributed by atoms with E-state index in [0.717, 1.165) is 0 Å². The molecule has 2 nitrogen and oxygen atoms in total. The maximum absolute atomic E-state index is 5.15. The molecule has 0 aromatic rings. The molecule has 1 heterocycles. The highest BCUT2D eigenvalue weighted by Crippen LogP contribution is 2.50. The molecule has 14 heavy (non-hydrogen) atoms. The molecular formula is C12H20O2. The average Bonchev–Trinajstić information content (AvgIpc) is 2.77. The molecule has 0 saturated carbocycles. The van der Waals surface area contributed by atoms with E-state index >= 15 is 0 Å². The highest BCUT2D eigenvalue weighted by molar-refractivity contribution is 5.11. The van der Waals surface area contributed by atoms with Gasteiger partial charge in [-0.25, -0.2) is 0 Å². The van der Waals surface area contributed by atoms with Crippen LogP contribution in [0.1, 0.15) is 41.5 Å². The Kier molecular flexibility index (Phi) is 2.94. The third kappa shape index (κ3) is 2.10. The van der Waals surface area contributed by atoms with Gasteiger partial charge in [0.05, 0.1) is 5.92 Å². The fourth-order valence-electron chi connectivity index (χ4n) is 1.48. The van der Waals surface area contributed by atoms with Crippen molar-refractivity contribution in [3.05, 3.63) is 0 Å². The standard InChI is InChI=1S/C12H20O2/c1-9(2)7-8-10(3)12(13-14-12)11(4,5)6/h9-10H,1-6H3. The number of rotatable bonds is 1. The predicted octanol–water partition coefficient (Wildman–Crippen LogP) is 2.99. The van der Waals surface area contributed by atoms with Gasteiger partial charge in [0.2, 0.25) is 0 Å². The van der Waals surface area contributed by atoms with Crippen LogP contribution in [0.25, 0.3) is 0 Å². The monoisotopic (exact) mass is 196 g/mol. The van der Waals surface area contributed by atoms with Crippen molar-refractivity contribution < 1.29 is 9.78 Å². The van der Waals surface area contributed by atoms with Crippen molar-refractivity contribution in [2.45, 2.75) is 47.3 Å². The lowest BCUT2D eigenvalue weighted by molar-refractivity contribution is 0.0850. The van der Waals surface area contributed by atoms with Crippen LogP contribution in [0.4, 0.5) is 0 Å². The van der Waals surface area contributed by atoms with E-state index in [4.69, 9.17) is 9.78 Å². The molecule has 1 aliphatic rings. The van der Waals surface area contributed by atoms with Crippen molar-refractivity contribution in [3.63, 3.8) is 0 Å². The van der Waals surface area contributed by atoms with Gasteiger partial charge < -0.3 is 0 Å².